The number of benzene rings is 1. The van der Waals surface area contributed by atoms with Crippen LogP contribution >= 0.6 is 0 Å². The molecule has 2 rings (SSSR count). The highest BCUT2D eigenvalue weighted by molar-refractivity contribution is 5.40. The Labute approximate surface area is 114 Å². The third-order valence-electron chi connectivity index (χ3n) is 3.69. The fraction of sp³-hybridized carbons (Fsp3) is 0.600. The van der Waals surface area contributed by atoms with Crippen molar-refractivity contribution in [3.63, 3.8) is 0 Å². The first-order valence-corrected chi connectivity index (χ1v) is 6.79. The lowest BCUT2D eigenvalue weighted by atomic mass is 10.0. The van der Waals surface area contributed by atoms with Crippen LogP contribution in [0.15, 0.2) is 12.1 Å². The largest absolute Gasteiger partial charge is 0.493 e. The zero-order chi connectivity index (χ0) is 13.8. The summed E-state index contributed by atoms with van der Waals surface area (Å²) in [7, 11) is 1.86. The molecule has 0 aromatic heterocycles. The first-order valence-electron chi connectivity index (χ1n) is 6.79. The molecule has 0 saturated carbocycles. The van der Waals surface area contributed by atoms with Gasteiger partial charge in [-0.15, -0.1) is 0 Å². The van der Waals surface area contributed by atoms with Crippen LogP contribution < -0.4 is 10.1 Å². The van der Waals surface area contributed by atoms with Gasteiger partial charge in [-0.1, -0.05) is 0 Å². The Morgan fingerprint density at radius 1 is 1.53 bits per heavy atom. The van der Waals surface area contributed by atoms with Crippen LogP contribution in [0.5, 0.6) is 5.75 Å². The molecule has 4 heteroatoms. The Bertz CT molecular complexity index is 430. The highest BCUT2D eigenvalue weighted by Crippen LogP contribution is 2.29. The van der Waals surface area contributed by atoms with E-state index in [-0.39, 0.29) is 11.9 Å². The van der Waals surface area contributed by atoms with Crippen LogP contribution in [0.3, 0.4) is 0 Å². The highest BCUT2D eigenvalue weighted by atomic mass is 19.1. The molecule has 2 unspecified atom stereocenters. The van der Waals surface area contributed by atoms with Crippen molar-refractivity contribution in [1.82, 2.24) is 5.32 Å². The monoisotopic (exact) mass is 267 g/mol. The van der Waals surface area contributed by atoms with Gasteiger partial charge in [-0.2, -0.15) is 0 Å². The van der Waals surface area contributed by atoms with Gasteiger partial charge in [0.05, 0.1) is 13.2 Å². The standard InChI is InChI=1S/C15H22FNO2/c1-10-6-15(19-9-12-4-5-18-8-12)13(7-14(10)16)11(2)17-3/h6-7,11-12,17H,4-5,8-9H2,1-3H3. The van der Waals surface area contributed by atoms with Crippen molar-refractivity contribution in [1.29, 1.82) is 0 Å². The van der Waals surface area contributed by atoms with E-state index in [4.69, 9.17) is 9.47 Å². The lowest BCUT2D eigenvalue weighted by molar-refractivity contribution is 0.166. The van der Waals surface area contributed by atoms with E-state index in [0.29, 0.717) is 18.1 Å². The Morgan fingerprint density at radius 2 is 2.32 bits per heavy atom. The van der Waals surface area contributed by atoms with E-state index in [0.717, 1.165) is 30.9 Å². The number of ether oxygens (including phenoxy) is 2. The summed E-state index contributed by atoms with van der Waals surface area (Å²) in [5.74, 6) is 1.03. The maximum atomic E-state index is 13.7. The molecule has 1 fully saturated rings. The number of hydrogen-bond donors (Lipinski definition) is 1. The molecule has 0 spiro atoms. The van der Waals surface area contributed by atoms with E-state index in [2.05, 4.69) is 5.32 Å². The fourth-order valence-corrected chi connectivity index (χ4v) is 2.21. The van der Waals surface area contributed by atoms with Crippen LogP contribution in [0.4, 0.5) is 4.39 Å². The smallest absolute Gasteiger partial charge is 0.126 e. The van der Waals surface area contributed by atoms with Gasteiger partial charge in [0.15, 0.2) is 0 Å². The molecule has 0 radical (unpaired) electrons. The van der Waals surface area contributed by atoms with Gasteiger partial charge in [0.25, 0.3) is 0 Å². The number of halogens is 1. The van der Waals surface area contributed by atoms with Crippen LogP contribution in [0, 0.1) is 18.7 Å². The second-order valence-corrected chi connectivity index (χ2v) is 5.19. The molecule has 3 nitrogen and oxygen atoms in total. The predicted octanol–water partition coefficient (Wildman–Crippen LogP) is 2.83. The highest BCUT2D eigenvalue weighted by Gasteiger charge is 2.19. The third-order valence-corrected chi connectivity index (χ3v) is 3.69. The van der Waals surface area contributed by atoms with E-state index < -0.39 is 0 Å². The minimum atomic E-state index is -0.186. The molecule has 2 atom stereocenters. The van der Waals surface area contributed by atoms with Crippen LogP contribution in [0.1, 0.15) is 30.5 Å². The van der Waals surface area contributed by atoms with Gasteiger partial charge in [0.1, 0.15) is 11.6 Å². The van der Waals surface area contributed by atoms with E-state index in [1.165, 1.54) is 0 Å². The van der Waals surface area contributed by atoms with Crippen molar-refractivity contribution in [3.05, 3.63) is 29.1 Å². The minimum Gasteiger partial charge on any atom is -0.493 e. The third kappa shape index (κ3) is 3.45. The second-order valence-electron chi connectivity index (χ2n) is 5.19. The molecule has 1 aliphatic rings. The second kappa shape index (κ2) is 6.35. The van der Waals surface area contributed by atoms with E-state index >= 15 is 0 Å². The quantitative estimate of drug-likeness (QED) is 0.890. The molecule has 1 aromatic rings. The SMILES string of the molecule is CNC(C)c1cc(F)c(C)cc1OCC1CCOC1. The van der Waals surface area contributed by atoms with Crippen molar-refractivity contribution in [2.45, 2.75) is 26.3 Å². The summed E-state index contributed by atoms with van der Waals surface area (Å²) in [6.45, 7) is 5.96. The fourth-order valence-electron chi connectivity index (χ4n) is 2.21. The minimum absolute atomic E-state index is 0.0601. The first kappa shape index (κ1) is 14.3. The molecule has 1 aromatic carbocycles. The summed E-state index contributed by atoms with van der Waals surface area (Å²) >= 11 is 0. The van der Waals surface area contributed by atoms with Crippen LogP contribution in [0.25, 0.3) is 0 Å². The number of aryl methyl sites for hydroxylation is 1. The average Bonchev–Trinajstić information content (AvgIpc) is 2.92. The van der Waals surface area contributed by atoms with Crippen LogP contribution in [-0.4, -0.2) is 26.9 Å². The summed E-state index contributed by atoms with van der Waals surface area (Å²) in [5, 5.41) is 3.12. The molecule has 19 heavy (non-hydrogen) atoms. The predicted molar refractivity (Wildman–Crippen MR) is 73.0 cm³/mol. The van der Waals surface area contributed by atoms with Gasteiger partial charge in [0.2, 0.25) is 0 Å². The molecule has 1 saturated heterocycles. The summed E-state index contributed by atoms with van der Waals surface area (Å²) in [4.78, 5) is 0. The van der Waals surface area contributed by atoms with Gasteiger partial charge in [-0.25, -0.2) is 4.39 Å². The van der Waals surface area contributed by atoms with Crippen molar-refractivity contribution < 1.29 is 13.9 Å². The topological polar surface area (TPSA) is 30.5 Å². The lowest BCUT2D eigenvalue weighted by Crippen LogP contribution is -2.17. The van der Waals surface area contributed by atoms with Gasteiger partial charge >= 0.3 is 0 Å². The van der Waals surface area contributed by atoms with Gasteiger partial charge < -0.3 is 14.8 Å². The van der Waals surface area contributed by atoms with Crippen molar-refractivity contribution >= 4 is 0 Å². The van der Waals surface area contributed by atoms with Crippen LogP contribution in [0.2, 0.25) is 0 Å². The molecule has 1 aliphatic heterocycles. The van der Waals surface area contributed by atoms with E-state index in [1.54, 1.807) is 19.1 Å². The Morgan fingerprint density at radius 3 is 2.95 bits per heavy atom. The van der Waals surface area contributed by atoms with Crippen molar-refractivity contribution in [2.75, 3.05) is 26.9 Å². The summed E-state index contributed by atoms with van der Waals surface area (Å²) < 4.78 is 24.9. The Kier molecular flexibility index (Phi) is 4.77. The molecule has 1 heterocycles. The number of hydrogen-bond acceptors (Lipinski definition) is 3. The summed E-state index contributed by atoms with van der Waals surface area (Å²) in [6.07, 6.45) is 1.04. The Balaban J connectivity index is 2.14. The Hall–Kier alpha value is -1.13. The van der Waals surface area contributed by atoms with E-state index in [1.807, 2.05) is 14.0 Å². The molecule has 0 bridgehead atoms. The van der Waals surface area contributed by atoms with Crippen LogP contribution in [-0.2, 0) is 4.74 Å². The van der Waals surface area contributed by atoms with Crippen molar-refractivity contribution in [3.8, 4) is 5.75 Å². The first-order chi connectivity index (χ1) is 9.11. The zero-order valence-corrected chi connectivity index (χ0v) is 11.8. The molecule has 1 N–H and O–H groups in total. The summed E-state index contributed by atoms with van der Waals surface area (Å²) in [5.41, 5.74) is 1.48. The van der Waals surface area contributed by atoms with E-state index in [9.17, 15) is 4.39 Å². The molecular formula is C15H22FNO2. The maximum absolute atomic E-state index is 13.7. The lowest BCUT2D eigenvalue weighted by Gasteiger charge is -2.19. The number of rotatable bonds is 5. The van der Waals surface area contributed by atoms with Crippen molar-refractivity contribution in [2.24, 2.45) is 5.92 Å². The van der Waals surface area contributed by atoms with Gasteiger partial charge in [0, 0.05) is 24.1 Å². The molecular weight excluding hydrogens is 245 g/mol. The maximum Gasteiger partial charge on any atom is 0.126 e. The average molecular weight is 267 g/mol. The zero-order valence-electron chi connectivity index (χ0n) is 11.8. The molecule has 0 amide bonds. The van der Waals surface area contributed by atoms with Gasteiger partial charge in [-0.05, 0) is 45.0 Å². The summed E-state index contributed by atoms with van der Waals surface area (Å²) in [6, 6.07) is 3.41. The molecule has 106 valence electrons. The normalized spacial score (nSPS) is 20.5. The van der Waals surface area contributed by atoms with Gasteiger partial charge in [-0.3, -0.25) is 0 Å². The number of nitrogens with one attached hydrogen (secondary N) is 1. The molecule has 0 aliphatic carbocycles.